The van der Waals surface area contributed by atoms with Crippen molar-refractivity contribution in [3.63, 3.8) is 0 Å². The normalized spacial score (nSPS) is 14.6. The van der Waals surface area contributed by atoms with Crippen LogP contribution in [0.1, 0.15) is 79.4 Å². The van der Waals surface area contributed by atoms with Crippen molar-refractivity contribution < 1.29 is 23.8 Å². The highest BCUT2D eigenvalue weighted by atomic mass is 16.5. The van der Waals surface area contributed by atoms with Crippen LogP contribution in [0, 0.1) is 0 Å². The van der Waals surface area contributed by atoms with Crippen LogP contribution in [0.4, 0.5) is 0 Å². The van der Waals surface area contributed by atoms with Crippen molar-refractivity contribution in [1.29, 1.82) is 0 Å². The van der Waals surface area contributed by atoms with E-state index < -0.39 is 0 Å². The number of carbonyl (C=O) groups excluding carboxylic acids is 2. The molecular weight excluding hydrogens is 675 g/mol. The predicted molar refractivity (Wildman–Crippen MR) is 210 cm³/mol. The number of hydrogen-bond acceptors (Lipinski definition) is 7. The molecule has 0 bridgehead atoms. The van der Waals surface area contributed by atoms with E-state index in [2.05, 4.69) is 54.0 Å². The Hall–Kier alpha value is -5.44. The molecule has 0 atom stereocenters. The number of ether oxygens (including phenoxy) is 3. The summed E-state index contributed by atoms with van der Waals surface area (Å²) in [6.45, 7) is 11.8. The molecule has 0 spiro atoms. The fraction of sp³-hybridized carbons (Fsp3) is 0.304. The van der Waals surface area contributed by atoms with Gasteiger partial charge in [0.25, 0.3) is 5.91 Å². The molecule has 0 radical (unpaired) electrons. The lowest BCUT2D eigenvalue weighted by Crippen LogP contribution is -2.45. The maximum Gasteiger partial charge on any atom is 0.337 e. The van der Waals surface area contributed by atoms with Gasteiger partial charge in [-0.3, -0.25) is 14.6 Å². The van der Waals surface area contributed by atoms with Crippen LogP contribution in [0.5, 0.6) is 11.5 Å². The lowest BCUT2D eigenvalue weighted by molar-refractivity contribution is 0.0600. The standard InChI is InChI=1S/C46H49N3O5/c1-33(2)41-25-42(44(54-32-36-12-8-5-9-13-36)26-43(41)53-31-35-10-6-4-7-11-35)45(50)49-29-39-19-16-37(24-40(39)30-49)28-48-22-20-47(21-23-48)27-34-14-17-38(18-15-34)46(51)52-3/h4-19,24-26,33H,20-23,27-32H2,1-3H3. The summed E-state index contributed by atoms with van der Waals surface area (Å²) in [5, 5.41) is 0. The Labute approximate surface area is 318 Å². The summed E-state index contributed by atoms with van der Waals surface area (Å²) in [6, 6.07) is 38.4. The van der Waals surface area contributed by atoms with Gasteiger partial charge < -0.3 is 19.1 Å². The van der Waals surface area contributed by atoms with Gasteiger partial charge in [-0.15, -0.1) is 0 Å². The van der Waals surface area contributed by atoms with Crippen LogP contribution in [0.15, 0.2) is 115 Å². The molecule has 5 aromatic carbocycles. The third kappa shape index (κ3) is 9.01. The summed E-state index contributed by atoms with van der Waals surface area (Å²) >= 11 is 0. The number of methoxy groups -OCH3 is 1. The number of fused-ring (bicyclic) bond motifs is 1. The fourth-order valence-corrected chi connectivity index (χ4v) is 7.26. The summed E-state index contributed by atoms with van der Waals surface area (Å²) in [5.41, 5.74) is 9.08. The second-order valence-corrected chi connectivity index (χ2v) is 14.6. The third-order valence-electron chi connectivity index (χ3n) is 10.4. The van der Waals surface area contributed by atoms with Crippen molar-refractivity contribution >= 4 is 11.9 Å². The van der Waals surface area contributed by atoms with Crippen molar-refractivity contribution in [2.24, 2.45) is 0 Å². The summed E-state index contributed by atoms with van der Waals surface area (Å²) < 4.78 is 17.6. The smallest absolute Gasteiger partial charge is 0.337 e. The molecule has 0 aromatic heterocycles. The first-order valence-corrected chi connectivity index (χ1v) is 18.9. The largest absolute Gasteiger partial charge is 0.488 e. The molecule has 278 valence electrons. The monoisotopic (exact) mass is 723 g/mol. The second kappa shape index (κ2) is 17.1. The molecule has 8 nitrogen and oxygen atoms in total. The van der Waals surface area contributed by atoms with Gasteiger partial charge in [-0.1, -0.05) is 105 Å². The van der Waals surface area contributed by atoms with Gasteiger partial charge in [0.15, 0.2) is 0 Å². The van der Waals surface area contributed by atoms with Gasteiger partial charge in [-0.2, -0.15) is 0 Å². The van der Waals surface area contributed by atoms with E-state index in [0.29, 0.717) is 43.2 Å². The Bertz CT molecular complexity index is 2040. The average Bonchev–Trinajstić information content (AvgIpc) is 3.64. The van der Waals surface area contributed by atoms with Crippen molar-refractivity contribution in [2.75, 3.05) is 33.3 Å². The number of esters is 1. The zero-order valence-electron chi connectivity index (χ0n) is 31.5. The molecule has 0 unspecified atom stereocenters. The topological polar surface area (TPSA) is 71.6 Å². The summed E-state index contributed by atoms with van der Waals surface area (Å²) in [5.74, 6) is 1.06. The maximum atomic E-state index is 14.4. The van der Waals surface area contributed by atoms with E-state index in [1.807, 2.05) is 89.8 Å². The fourth-order valence-electron chi connectivity index (χ4n) is 7.26. The van der Waals surface area contributed by atoms with Crippen molar-refractivity contribution in [2.45, 2.75) is 59.2 Å². The minimum Gasteiger partial charge on any atom is -0.488 e. The van der Waals surface area contributed by atoms with Crippen LogP contribution < -0.4 is 9.47 Å². The minimum absolute atomic E-state index is 0.0385. The SMILES string of the molecule is COC(=O)c1ccc(CN2CCN(Cc3ccc4c(c3)CN(C(=O)c3cc(C(C)C)c(OCc5ccccc5)cc3OCc3ccccc3)C4)CC2)cc1. The van der Waals surface area contributed by atoms with E-state index in [-0.39, 0.29) is 17.8 Å². The highest BCUT2D eigenvalue weighted by Gasteiger charge is 2.29. The van der Waals surface area contributed by atoms with Crippen molar-refractivity contribution in [3.05, 3.63) is 165 Å². The van der Waals surface area contributed by atoms with Crippen LogP contribution >= 0.6 is 0 Å². The highest BCUT2D eigenvalue weighted by molar-refractivity contribution is 5.98. The first-order valence-electron chi connectivity index (χ1n) is 18.9. The molecule has 2 heterocycles. The van der Waals surface area contributed by atoms with E-state index in [0.717, 1.165) is 61.7 Å². The van der Waals surface area contributed by atoms with E-state index in [1.54, 1.807) is 0 Å². The molecule has 1 amide bonds. The molecule has 7 rings (SSSR count). The maximum absolute atomic E-state index is 14.4. The van der Waals surface area contributed by atoms with Gasteiger partial charge in [0, 0.05) is 58.4 Å². The Balaban J connectivity index is 1.01. The van der Waals surface area contributed by atoms with Crippen LogP contribution in [0.2, 0.25) is 0 Å². The van der Waals surface area contributed by atoms with Crippen molar-refractivity contribution in [1.82, 2.24) is 14.7 Å². The van der Waals surface area contributed by atoms with Gasteiger partial charge in [-0.25, -0.2) is 4.79 Å². The molecule has 0 N–H and O–H groups in total. The quantitative estimate of drug-likeness (QED) is 0.113. The Morgan fingerprint density at radius 2 is 1.17 bits per heavy atom. The number of carbonyl (C=O) groups is 2. The molecule has 2 aliphatic heterocycles. The lowest BCUT2D eigenvalue weighted by Gasteiger charge is -2.34. The van der Waals surface area contributed by atoms with Crippen LogP contribution in [-0.4, -0.2) is 59.9 Å². The highest BCUT2D eigenvalue weighted by Crippen LogP contribution is 2.37. The Morgan fingerprint density at radius 3 is 1.76 bits per heavy atom. The van der Waals surface area contributed by atoms with E-state index >= 15 is 0 Å². The Morgan fingerprint density at radius 1 is 0.611 bits per heavy atom. The summed E-state index contributed by atoms with van der Waals surface area (Å²) in [7, 11) is 1.40. The van der Waals surface area contributed by atoms with Crippen LogP contribution in [0.25, 0.3) is 0 Å². The molecule has 0 aliphatic carbocycles. The van der Waals surface area contributed by atoms with Gasteiger partial charge >= 0.3 is 5.97 Å². The molecule has 8 heteroatoms. The Kier molecular flexibility index (Phi) is 11.7. The zero-order chi connectivity index (χ0) is 37.4. The second-order valence-electron chi connectivity index (χ2n) is 14.6. The zero-order valence-corrected chi connectivity index (χ0v) is 31.5. The number of hydrogen-bond donors (Lipinski definition) is 0. The van der Waals surface area contributed by atoms with Crippen LogP contribution in [0.3, 0.4) is 0 Å². The molecular formula is C46H49N3O5. The molecule has 54 heavy (non-hydrogen) atoms. The van der Waals surface area contributed by atoms with Crippen LogP contribution in [-0.2, 0) is 44.1 Å². The summed E-state index contributed by atoms with van der Waals surface area (Å²) in [6.07, 6.45) is 0. The molecule has 1 fully saturated rings. The van der Waals surface area contributed by atoms with Crippen molar-refractivity contribution in [3.8, 4) is 11.5 Å². The number of nitrogens with zero attached hydrogens (tertiary/aromatic N) is 3. The lowest BCUT2D eigenvalue weighted by atomic mass is 9.98. The minimum atomic E-state index is -0.310. The van der Waals surface area contributed by atoms with E-state index in [9.17, 15) is 9.59 Å². The molecule has 2 aliphatic rings. The third-order valence-corrected chi connectivity index (χ3v) is 10.4. The van der Waals surface area contributed by atoms with Gasteiger partial charge in [0.05, 0.1) is 18.2 Å². The average molecular weight is 724 g/mol. The molecule has 0 saturated carbocycles. The van der Waals surface area contributed by atoms with Gasteiger partial charge in [0.1, 0.15) is 24.7 Å². The number of benzene rings is 5. The predicted octanol–water partition coefficient (Wildman–Crippen LogP) is 8.23. The first kappa shape index (κ1) is 36.9. The first-order chi connectivity index (χ1) is 26.3. The molecule has 5 aromatic rings. The van der Waals surface area contributed by atoms with Gasteiger partial charge in [0.2, 0.25) is 0 Å². The molecule has 1 saturated heterocycles. The van der Waals surface area contributed by atoms with E-state index in [1.165, 1.54) is 29.4 Å². The summed E-state index contributed by atoms with van der Waals surface area (Å²) in [4.78, 5) is 33.1. The van der Waals surface area contributed by atoms with Gasteiger partial charge in [-0.05, 0) is 63.1 Å². The van der Waals surface area contributed by atoms with E-state index in [4.69, 9.17) is 14.2 Å². The number of rotatable bonds is 13. The number of piperazine rings is 1. The number of amides is 1.